The first-order valence-corrected chi connectivity index (χ1v) is 10.9. The molecule has 0 saturated carbocycles. The lowest BCUT2D eigenvalue weighted by molar-refractivity contribution is -0.136. The predicted octanol–water partition coefficient (Wildman–Crippen LogP) is 4.71. The molecule has 7 nitrogen and oxygen atoms in total. The van der Waals surface area contributed by atoms with Gasteiger partial charge >= 0.3 is 17.7 Å². The van der Waals surface area contributed by atoms with E-state index in [0.717, 1.165) is 16.5 Å². The largest absolute Gasteiger partial charge is 0.444 e. The number of nitrogens with one attached hydrogen (secondary N) is 1. The Balaban J connectivity index is 1.89. The van der Waals surface area contributed by atoms with Crippen LogP contribution in [-0.4, -0.2) is 23.7 Å². The molecule has 3 rings (SSSR count). The maximum atomic E-state index is 13.1. The molecule has 174 valence electrons. The molecule has 1 atom stereocenters. The van der Waals surface area contributed by atoms with Crippen molar-refractivity contribution >= 4 is 23.0 Å². The van der Waals surface area contributed by atoms with Crippen molar-refractivity contribution in [2.45, 2.75) is 59.1 Å². The third-order valence-corrected chi connectivity index (χ3v) is 5.05. The molecule has 1 N–H and O–H groups in total. The second kappa shape index (κ2) is 9.90. The first kappa shape index (κ1) is 24.0. The zero-order valence-corrected chi connectivity index (χ0v) is 19.6. The van der Waals surface area contributed by atoms with Gasteiger partial charge in [0, 0.05) is 23.4 Å². The van der Waals surface area contributed by atoms with E-state index in [-0.39, 0.29) is 12.2 Å². The van der Waals surface area contributed by atoms with E-state index in [1.807, 2.05) is 37.3 Å². The molecule has 0 saturated heterocycles. The number of benzene rings is 2. The predicted molar refractivity (Wildman–Crippen MR) is 126 cm³/mol. The van der Waals surface area contributed by atoms with E-state index in [9.17, 15) is 14.4 Å². The number of amides is 1. The fourth-order valence-corrected chi connectivity index (χ4v) is 3.48. The van der Waals surface area contributed by atoms with Crippen molar-refractivity contribution in [2.24, 2.45) is 0 Å². The number of ether oxygens (including phenoxy) is 2. The van der Waals surface area contributed by atoms with Crippen molar-refractivity contribution in [2.75, 3.05) is 0 Å². The summed E-state index contributed by atoms with van der Waals surface area (Å²) in [5.74, 6) is -0.394. The highest BCUT2D eigenvalue weighted by Gasteiger charge is 2.27. The van der Waals surface area contributed by atoms with Crippen LogP contribution in [0.5, 0.6) is 5.75 Å². The van der Waals surface area contributed by atoms with E-state index >= 15 is 0 Å². The summed E-state index contributed by atoms with van der Waals surface area (Å²) in [6, 6.07) is 13.2. The standard InChI is InChI=1S/C26H29NO6/c1-6-18-15-22(28)32-23-16(2)21(13-12-19(18)23)31-24(29)20(14-17-10-8-7-9-11-17)27-25(30)33-26(3,4)5/h7-13,15,20H,6,14H2,1-5H3,(H,27,30). The van der Waals surface area contributed by atoms with Crippen molar-refractivity contribution in [1.82, 2.24) is 5.32 Å². The molecule has 3 aromatic rings. The topological polar surface area (TPSA) is 94.8 Å². The number of alkyl carbamates (subject to hydrolysis) is 1. The molecule has 0 aliphatic heterocycles. The Hall–Kier alpha value is -3.61. The second-order valence-electron chi connectivity index (χ2n) is 8.82. The first-order chi connectivity index (χ1) is 15.6. The highest BCUT2D eigenvalue weighted by atomic mass is 16.6. The van der Waals surface area contributed by atoms with Gasteiger partial charge in [0.15, 0.2) is 0 Å². The molecular formula is C26H29NO6. The van der Waals surface area contributed by atoms with Crippen molar-refractivity contribution in [3.63, 3.8) is 0 Å². The molecule has 1 heterocycles. The number of fused-ring (bicyclic) bond motifs is 1. The van der Waals surface area contributed by atoms with Crippen LogP contribution in [0.1, 0.15) is 44.4 Å². The Morgan fingerprint density at radius 3 is 2.42 bits per heavy atom. The van der Waals surface area contributed by atoms with Gasteiger partial charge in [-0.3, -0.25) is 0 Å². The summed E-state index contributed by atoms with van der Waals surface area (Å²) in [5, 5.41) is 3.41. The zero-order chi connectivity index (χ0) is 24.2. The normalized spacial score (nSPS) is 12.3. The molecule has 0 bridgehead atoms. The van der Waals surface area contributed by atoms with Gasteiger partial charge in [-0.05, 0) is 57.4 Å². The maximum Gasteiger partial charge on any atom is 0.408 e. The summed E-state index contributed by atoms with van der Waals surface area (Å²) in [5.41, 5.74) is 1.45. The van der Waals surface area contributed by atoms with Gasteiger partial charge in [-0.25, -0.2) is 14.4 Å². The monoisotopic (exact) mass is 451 g/mol. The molecule has 0 aliphatic carbocycles. The highest BCUT2D eigenvalue weighted by Crippen LogP contribution is 2.29. The van der Waals surface area contributed by atoms with E-state index < -0.39 is 29.3 Å². The molecule has 1 unspecified atom stereocenters. The van der Waals surface area contributed by atoms with E-state index in [2.05, 4.69) is 5.32 Å². The lowest BCUT2D eigenvalue weighted by Gasteiger charge is -2.23. The molecule has 1 aromatic heterocycles. The fraction of sp³-hybridized carbons (Fsp3) is 0.346. The first-order valence-electron chi connectivity index (χ1n) is 10.9. The summed E-state index contributed by atoms with van der Waals surface area (Å²) in [6.45, 7) is 8.91. The quantitative estimate of drug-likeness (QED) is 0.331. The van der Waals surface area contributed by atoms with Crippen LogP contribution in [0, 0.1) is 6.92 Å². The third-order valence-electron chi connectivity index (χ3n) is 5.05. The van der Waals surface area contributed by atoms with Crippen LogP contribution >= 0.6 is 0 Å². The molecule has 2 aromatic carbocycles. The zero-order valence-electron chi connectivity index (χ0n) is 19.6. The fourth-order valence-electron chi connectivity index (χ4n) is 3.48. The average molecular weight is 452 g/mol. The minimum absolute atomic E-state index is 0.223. The van der Waals surface area contributed by atoms with Crippen molar-refractivity contribution in [3.8, 4) is 5.75 Å². The molecule has 33 heavy (non-hydrogen) atoms. The summed E-state index contributed by atoms with van der Waals surface area (Å²) >= 11 is 0. The van der Waals surface area contributed by atoms with Crippen LogP contribution in [0.4, 0.5) is 4.79 Å². The maximum absolute atomic E-state index is 13.1. The van der Waals surface area contributed by atoms with E-state index in [1.54, 1.807) is 39.8 Å². The van der Waals surface area contributed by atoms with E-state index in [4.69, 9.17) is 13.9 Å². The number of carbonyl (C=O) groups is 2. The lowest BCUT2D eigenvalue weighted by Crippen LogP contribution is -2.46. The van der Waals surface area contributed by atoms with E-state index in [0.29, 0.717) is 17.6 Å². The van der Waals surface area contributed by atoms with Gasteiger partial charge in [-0.15, -0.1) is 0 Å². The van der Waals surface area contributed by atoms with Gasteiger partial charge < -0.3 is 19.2 Å². The second-order valence-corrected chi connectivity index (χ2v) is 8.82. The molecule has 7 heteroatoms. The lowest BCUT2D eigenvalue weighted by atomic mass is 10.0. The van der Waals surface area contributed by atoms with Gasteiger partial charge in [-0.1, -0.05) is 37.3 Å². The summed E-state index contributed by atoms with van der Waals surface area (Å²) in [6.07, 6.45) is 0.175. The Morgan fingerprint density at radius 2 is 1.79 bits per heavy atom. The Kier molecular flexibility index (Phi) is 7.21. The summed E-state index contributed by atoms with van der Waals surface area (Å²) in [4.78, 5) is 37.4. The Labute approximate surface area is 192 Å². The Morgan fingerprint density at radius 1 is 1.09 bits per heavy atom. The minimum atomic E-state index is -0.980. The molecule has 0 aliphatic rings. The summed E-state index contributed by atoms with van der Waals surface area (Å²) < 4.78 is 16.4. The van der Waals surface area contributed by atoms with E-state index in [1.165, 1.54) is 6.07 Å². The van der Waals surface area contributed by atoms with Crippen molar-refractivity contribution in [1.29, 1.82) is 0 Å². The number of hydrogen-bond acceptors (Lipinski definition) is 6. The van der Waals surface area contributed by atoms with Crippen LogP contribution in [-0.2, 0) is 22.4 Å². The third kappa shape index (κ3) is 6.22. The van der Waals surface area contributed by atoms with Crippen LogP contribution < -0.4 is 15.7 Å². The van der Waals surface area contributed by atoms with Crippen molar-refractivity contribution < 1.29 is 23.5 Å². The van der Waals surface area contributed by atoms with Gasteiger partial charge in [-0.2, -0.15) is 0 Å². The minimum Gasteiger partial charge on any atom is -0.444 e. The van der Waals surface area contributed by atoms with Crippen LogP contribution in [0.2, 0.25) is 0 Å². The number of esters is 1. The SMILES string of the molecule is CCc1cc(=O)oc2c(C)c(OC(=O)C(Cc3ccccc3)NC(=O)OC(C)(C)C)ccc12. The molecule has 0 spiro atoms. The highest BCUT2D eigenvalue weighted by molar-refractivity contribution is 5.88. The van der Waals surface area contributed by atoms with Crippen LogP contribution in [0.3, 0.4) is 0 Å². The molecular weight excluding hydrogens is 422 g/mol. The van der Waals surface area contributed by atoms with Gasteiger partial charge in [0.1, 0.15) is 23.0 Å². The summed E-state index contributed by atoms with van der Waals surface area (Å²) in [7, 11) is 0. The smallest absolute Gasteiger partial charge is 0.408 e. The van der Waals surface area contributed by atoms with Crippen LogP contribution in [0.25, 0.3) is 11.0 Å². The molecule has 0 radical (unpaired) electrons. The van der Waals surface area contributed by atoms with Gasteiger partial charge in [0.25, 0.3) is 0 Å². The molecule has 0 fully saturated rings. The average Bonchev–Trinajstić information content (AvgIpc) is 2.74. The number of hydrogen-bond donors (Lipinski definition) is 1. The van der Waals surface area contributed by atoms with Crippen LogP contribution in [0.15, 0.2) is 57.7 Å². The number of rotatable bonds is 6. The molecule has 1 amide bonds. The van der Waals surface area contributed by atoms with Gasteiger partial charge in [0.2, 0.25) is 0 Å². The van der Waals surface area contributed by atoms with Crippen molar-refractivity contribution in [3.05, 3.63) is 75.6 Å². The Bertz CT molecular complexity index is 1210. The van der Waals surface area contributed by atoms with Gasteiger partial charge in [0.05, 0.1) is 0 Å². The number of aryl methyl sites for hydroxylation is 2. The number of carbonyl (C=O) groups excluding carboxylic acids is 2.